The first-order valence-electron chi connectivity index (χ1n) is 4.78. The van der Waals surface area contributed by atoms with Gasteiger partial charge < -0.3 is 10.8 Å². The Morgan fingerprint density at radius 1 is 1.33 bits per heavy atom. The standard InChI is InChI=1S/C9H17NOS/c10-8(7-1-2-7)9(11)3-5-12-6-4-9/h7-8,11H,1-6,10H2. The predicted molar refractivity (Wildman–Crippen MR) is 52.2 cm³/mol. The minimum absolute atomic E-state index is 0.0541. The van der Waals surface area contributed by atoms with Gasteiger partial charge in [0.1, 0.15) is 0 Å². The zero-order valence-electron chi connectivity index (χ0n) is 7.33. The Hall–Kier alpha value is 0.270. The molecule has 2 fully saturated rings. The summed E-state index contributed by atoms with van der Waals surface area (Å²) in [6.07, 6.45) is 4.26. The van der Waals surface area contributed by atoms with E-state index in [1.165, 1.54) is 12.8 Å². The van der Waals surface area contributed by atoms with Crippen molar-refractivity contribution < 1.29 is 5.11 Å². The molecule has 1 saturated carbocycles. The van der Waals surface area contributed by atoms with E-state index in [0.717, 1.165) is 24.3 Å². The van der Waals surface area contributed by atoms with Crippen LogP contribution in [0.2, 0.25) is 0 Å². The van der Waals surface area contributed by atoms with E-state index in [2.05, 4.69) is 0 Å². The first-order chi connectivity index (χ1) is 5.72. The van der Waals surface area contributed by atoms with E-state index < -0.39 is 5.60 Å². The monoisotopic (exact) mass is 187 g/mol. The fourth-order valence-corrected chi connectivity index (χ4v) is 3.15. The Balaban J connectivity index is 1.96. The maximum Gasteiger partial charge on any atom is 0.0816 e. The number of hydrogen-bond acceptors (Lipinski definition) is 3. The molecule has 2 aliphatic rings. The summed E-state index contributed by atoms with van der Waals surface area (Å²) < 4.78 is 0. The molecule has 1 atom stereocenters. The average molecular weight is 187 g/mol. The highest BCUT2D eigenvalue weighted by molar-refractivity contribution is 7.99. The van der Waals surface area contributed by atoms with E-state index in [9.17, 15) is 5.11 Å². The average Bonchev–Trinajstić information content (AvgIpc) is 2.87. The SMILES string of the molecule is NC(C1CC1)C1(O)CCSCC1. The van der Waals surface area contributed by atoms with E-state index in [1.54, 1.807) is 0 Å². The van der Waals surface area contributed by atoms with Crippen LogP contribution in [0, 0.1) is 5.92 Å². The van der Waals surface area contributed by atoms with Gasteiger partial charge in [-0.15, -0.1) is 0 Å². The molecule has 0 radical (unpaired) electrons. The third-order valence-corrected chi connectivity index (χ3v) is 4.09. The lowest BCUT2D eigenvalue weighted by Crippen LogP contribution is -2.51. The van der Waals surface area contributed by atoms with Gasteiger partial charge in [-0.3, -0.25) is 0 Å². The van der Waals surface area contributed by atoms with Crippen molar-refractivity contribution in [2.75, 3.05) is 11.5 Å². The van der Waals surface area contributed by atoms with E-state index in [0.29, 0.717) is 5.92 Å². The molecule has 1 heterocycles. The molecule has 1 saturated heterocycles. The molecule has 1 aliphatic carbocycles. The molecule has 2 nitrogen and oxygen atoms in total. The summed E-state index contributed by atoms with van der Waals surface area (Å²) >= 11 is 1.93. The molecule has 1 aliphatic heterocycles. The second-order valence-corrected chi connectivity index (χ2v) is 5.30. The summed E-state index contributed by atoms with van der Waals surface area (Å²) in [4.78, 5) is 0. The lowest BCUT2D eigenvalue weighted by Gasteiger charge is -2.37. The van der Waals surface area contributed by atoms with Crippen molar-refractivity contribution in [2.24, 2.45) is 11.7 Å². The van der Waals surface area contributed by atoms with Crippen LogP contribution in [0.25, 0.3) is 0 Å². The Morgan fingerprint density at radius 3 is 2.42 bits per heavy atom. The zero-order chi connectivity index (χ0) is 8.60. The number of nitrogens with two attached hydrogens (primary N) is 1. The molecular formula is C9H17NOS. The predicted octanol–water partition coefficient (Wildman–Crippen LogP) is 0.982. The molecule has 3 heteroatoms. The summed E-state index contributed by atoms with van der Waals surface area (Å²) in [6.45, 7) is 0. The molecule has 70 valence electrons. The lowest BCUT2D eigenvalue weighted by molar-refractivity contribution is -0.000386. The van der Waals surface area contributed by atoms with Gasteiger partial charge >= 0.3 is 0 Å². The van der Waals surface area contributed by atoms with Crippen molar-refractivity contribution in [3.63, 3.8) is 0 Å². The van der Waals surface area contributed by atoms with Crippen LogP contribution in [0.3, 0.4) is 0 Å². The van der Waals surface area contributed by atoms with Crippen LogP contribution < -0.4 is 5.73 Å². The summed E-state index contributed by atoms with van der Waals surface area (Å²) in [5.74, 6) is 2.78. The first-order valence-corrected chi connectivity index (χ1v) is 5.93. The van der Waals surface area contributed by atoms with Gasteiger partial charge in [0.05, 0.1) is 5.60 Å². The zero-order valence-corrected chi connectivity index (χ0v) is 8.15. The van der Waals surface area contributed by atoms with Crippen molar-refractivity contribution in [3.05, 3.63) is 0 Å². The van der Waals surface area contributed by atoms with Crippen molar-refractivity contribution in [1.29, 1.82) is 0 Å². The van der Waals surface area contributed by atoms with Crippen LogP contribution >= 0.6 is 11.8 Å². The fourth-order valence-electron chi connectivity index (χ4n) is 1.95. The lowest BCUT2D eigenvalue weighted by atomic mass is 9.86. The van der Waals surface area contributed by atoms with Crippen LogP contribution in [0.4, 0.5) is 0 Å². The highest BCUT2D eigenvalue weighted by atomic mass is 32.2. The second-order valence-electron chi connectivity index (χ2n) is 4.08. The van der Waals surface area contributed by atoms with Crippen LogP contribution in [-0.4, -0.2) is 28.3 Å². The number of hydrogen-bond donors (Lipinski definition) is 2. The van der Waals surface area contributed by atoms with Gasteiger partial charge in [0.15, 0.2) is 0 Å². The first kappa shape index (κ1) is 8.85. The normalized spacial score (nSPS) is 31.5. The van der Waals surface area contributed by atoms with Crippen LogP contribution in [0.5, 0.6) is 0 Å². The molecule has 0 spiro atoms. The maximum atomic E-state index is 10.2. The minimum atomic E-state index is -0.521. The Kier molecular flexibility index (Phi) is 2.36. The molecule has 3 N–H and O–H groups in total. The highest BCUT2D eigenvalue weighted by Gasteiger charge is 2.43. The topological polar surface area (TPSA) is 46.2 Å². The highest BCUT2D eigenvalue weighted by Crippen LogP contribution is 2.40. The van der Waals surface area contributed by atoms with Crippen molar-refractivity contribution in [2.45, 2.75) is 37.3 Å². The van der Waals surface area contributed by atoms with Crippen LogP contribution in [-0.2, 0) is 0 Å². The number of rotatable bonds is 2. The van der Waals surface area contributed by atoms with E-state index in [4.69, 9.17) is 5.73 Å². The summed E-state index contributed by atoms with van der Waals surface area (Å²) in [7, 11) is 0. The summed E-state index contributed by atoms with van der Waals surface area (Å²) in [5, 5.41) is 10.2. The van der Waals surface area contributed by atoms with Crippen molar-refractivity contribution in [3.8, 4) is 0 Å². The van der Waals surface area contributed by atoms with Gasteiger partial charge in [-0.1, -0.05) is 0 Å². The molecule has 0 amide bonds. The number of aliphatic hydroxyl groups is 1. The Labute approximate surface area is 77.9 Å². The smallest absolute Gasteiger partial charge is 0.0816 e. The maximum absolute atomic E-state index is 10.2. The molecule has 12 heavy (non-hydrogen) atoms. The van der Waals surface area contributed by atoms with Gasteiger partial charge in [-0.2, -0.15) is 11.8 Å². The third-order valence-electron chi connectivity index (χ3n) is 3.11. The molecule has 0 bridgehead atoms. The molecule has 0 aromatic carbocycles. The fraction of sp³-hybridized carbons (Fsp3) is 1.00. The van der Waals surface area contributed by atoms with Crippen LogP contribution in [0.15, 0.2) is 0 Å². The van der Waals surface area contributed by atoms with E-state index in [-0.39, 0.29) is 6.04 Å². The molecule has 1 unspecified atom stereocenters. The summed E-state index contributed by atoms with van der Waals surface area (Å²) in [5.41, 5.74) is 5.51. The van der Waals surface area contributed by atoms with Crippen molar-refractivity contribution >= 4 is 11.8 Å². The number of thioether (sulfide) groups is 1. The molecular weight excluding hydrogens is 170 g/mol. The third kappa shape index (κ3) is 1.63. The molecule has 0 aromatic rings. The molecule has 2 rings (SSSR count). The Morgan fingerprint density at radius 2 is 1.92 bits per heavy atom. The van der Waals surface area contributed by atoms with E-state index >= 15 is 0 Å². The summed E-state index contributed by atoms with van der Waals surface area (Å²) in [6, 6.07) is 0.0541. The Bertz CT molecular complexity index is 164. The second kappa shape index (κ2) is 3.20. The van der Waals surface area contributed by atoms with Gasteiger partial charge in [0.2, 0.25) is 0 Å². The van der Waals surface area contributed by atoms with E-state index in [1.807, 2.05) is 11.8 Å². The van der Waals surface area contributed by atoms with Gasteiger partial charge in [-0.25, -0.2) is 0 Å². The quantitative estimate of drug-likeness (QED) is 0.677. The van der Waals surface area contributed by atoms with Gasteiger partial charge in [-0.05, 0) is 43.1 Å². The largest absolute Gasteiger partial charge is 0.388 e. The van der Waals surface area contributed by atoms with Crippen LogP contribution in [0.1, 0.15) is 25.7 Å². The van der Waals surface area contributed by atoms with Gasteiger partial charge in [0.25, 0.3) is 0 Å². The minimum Gasteiger partial charge on any atom is -0.388 e. The van der Waals surface area contributed by atoms with Crippen molar-refractivity contribution in [1.82, 2.24) is 0 Å². The molecule has 0 aromatic heterocycles. The van der Waals surface area contributed by atoms with Gasteiger partial charge in [0, 0.05) is 6.04 Å².